The molecule has 1 heterocycles. The molecule has 17 heavy (non-hydrogen) atoms. The lowest BCUT2D eigenvalue weighted by Gasteiger charge is -2.34. The highest BCUT2D eigenvalue weighted by Gasteiger charge is 2.27. The van der Waals surface area contributed by atoms with Crippen LogP contribution < -0.4 is 0 Å². The van der Waals surface area contributed by atoms with E-state index in [1.165, 1.54) is 6.08 Å². The summed E-state index contributed by atoms with van der Waals surface area (Å²) in [5, 5.41) is 10.1. The van der Waals surface area contributed by atoms with Gasteiger partial charge in [0.25, 0.3) is 0 Å². The van der Waals surface area contributed by atoms with Crippen LogP contribution in [0.3, 0.4) is 0 Å². The van der Waals surface area contributed by atoms with Gasteiger partial charge >= 0.3 is 0 Å². The minimum Gasteiger partial charge on any atom is -0.389 e. The zero-order valence-electron chi connectivity index (χ0n) is 8.94. The molecule has 0 aliphatic carbocycles. The van der Waals surface area contributed by atoms with Gasteiger partial charge in [0.1, 0.15) is 0 Å². The number of carbonyl (C=O) groups is 1. The topological polar surface area (TPSA) is 40.5 Å². The second-order valence-corrected chi connectivity index (χ2v) is 4.68. The van der Waals surface area contributed by atoms with Crippen LogP contribution in [-0.2, 0) is 4.79 Å². The molecule has 2 rings (SSSR count). The van der Waals surface area contributed by atoms with Gasteiger partial charge in [-0.3, -0.25) is 4.79 Å². The normalized spacial score (nSPS) is 16.3. The van der Waals surface area contributed by atoms with Crippen molar-refractivity contribution in [1.82, 2.24) is 4.90 Å². The summed E-state index contributed by atoms with van der Waals surface area (Å²) in [5.74, 6) is -0.147. The zero-order chi connectivity index (χ0) is 12.4. The summed E-state index contributed by atoms with van der Waals surface area (Å²) in [6.45, 7) is 0.777. The number of nitrogens with zero attached hydrogens (tertiary/aromatic N) is 1. The van der Waals surface area contributed by atoms with E-state index in [0.717, 1.165) is 0 Å². The lowest BCUT2D eigenvalue weighted by molar-refractivity contribution is -0.135. The van der Waals surface area contributed by atoms with E-state index in [0.29, 0.717) is 28.7 Å². The van der Waals surface area contributed by atoms with Crippen molar-refractivity contribution in [3.05, 3.63) is 39.9 Å². The Balaban J connectivity index is 2.07. The second-order valence-electron chi connectivity index (χ2n) is 3.87. The van der Waals surface area contributed by atoms with Crippen LogP contribution in [0.15, 0.2) is 24.3 Å². The van der Waals surface area contributed by atoms with Crippen LogP contribution in [-0.4, -0.2) is 35.1 Å². The van der Waals surface area contributed by atoms with E-state index in [1.807, 2.05) is 0 Å². The van der Waals surface area contributed by atoms with Crippen molar-refractivity contribution in [3.8, 4) is 0 Å². The van der Waals surface area contributed by atoms with Crippen LogP contribution >= 0.6 is 23.2 Å². The molecule has 0 radical (unpaired) electrons. The molecule has 0 atom stereocenters. The molecule has 1 aliphatic heterocycles. The number of β-amino-alcohol motifs (C(OH)–C–C–N with tert-alkyl or cyclic N) is 1. The van der Waals surface area contributed by atoms with Crippen LogP contribution in [0.25, 0.3) is 6.08 Å². The van der Waals surface area contributed by atoms with Crippen molar-refractivity contribution in [2.45, 2.75) is 6.10 Å². The molecule has 1 fully saturated rings. The van der Waals surface area contributed by atoms with E-state index in [1.54, 1.807) is 29.2 Å². The predicted molar refractivity (Wildman–Crippen MR) is 68.1 cm³/mol. The van der Waals surface area contributed by atoms with E-state index in [4.69, 9.17) is 28.3 Å². The molecule has 0 bridgehead atoms. The highest BCUT2D eigenvalue weighted by Crippen LogP contribution is 2.25. The minimum absolute atomic E-state index is 0.147. The number of aliphatic hydroxyl groups excluding tert-OH is 1. The maximum Gasteiger partial charge on any atom is 0.246 e. The summed E-state index contributed by atoms with van der Waals surface area (Å²) in [6.07, 6.45) is 2.62. The fraction of sp³-hybridized carbons (Fsp3) is 0.250. The molecule has 0 spiro atoms. The maximum atomic E-state index is 11.6. The van der Waals surface area contributed by atoms with Gasteiger partial charge in [-0.25, -0.2) is 0 Å². The molecule has 1 aromatic rings. The molecular formula is C12H11Cl2NO2. The average Bonchev–Trinajstić information content (AvgIpc) is 2.24. The molecule has 0 saturated carbocycles. The zero-order valence-corrected chi connectivity index (χ0v) is 10.4. The van der Waals surface area contributed by atoms with E-state index in [9.17, 15) is 4.79 Å². The lowest BCUT2D eigenvalue weighted by atomic mass is 10.1. The van der Waals surface area contributed by atoms with Crippen molar-refractivity contribution >= 4 is 35.2 Å². The predicted octanol–water partition coefficient (Wildman–Crippen LogP) is 2.21. The molecule has 0 aromatic heterocycles. The van der Waals surface area contributed by atoms with Crippen LogP contribution in [0, 0.1) is 0 Å². The third kappa shape index (κ3) is 2.80. The van der Waals surface area contributed by atoms with Crippen LogP contribution in [0.2, 0.25) is 10.0 Å². The molecular weight excluding hydrogens is 261 g/mol. The molecule has 1 amide bonds. The third-order valence-corrected chi connectivity index (χ3v) is 3.23. The number of benzene rings is 1. The first-order valence-electron chi connectivity index (χ1n) is 5.17. The summed E-state index contributed by atoms with van der Waals surface area (Å²) in [7, 11) is 0. The molecule has 1 N–H and O–H groups in total. The maximum absolute atomic E-state index is 11.6. The fourth-order valence-corrected chi connectivity index (χ4v) is 2.09. The monoisotopic (exact) mass is 271 g/mol. The van der Waals surface area contributed by atoms with Gasteiger partial charge in [0.15, 0.2) is 0 Å². The number of carbonyl (C=O) groups excluding carboxylic acids is 1. The number of rotatable bonds is 2. The Labute approximate surface area is 109 Å². The van der Waals surface area contributed by atoms with E-state index < -0.39 is 6.10 Å². The highest BCUT2D eigenvalue weighted by atomic mass is 35.5. The summed E-state index contributed by atoms with van der Waals surface area (Å²) in [5.41, 5.74) is 0.630. The van der Waals surface area contributed by atoms with E-state index in [2.05, 4.69) is 0 Å². The highest BCUT2D eigenvalue weighted by molar-refractivity contribution is 6.37. The molecule has 0 unspecified atom stereocenters. The van der Waals surface area contributed by atoms with Crippen molar-refractivity contribution in [2.75, 3.05) is 13.1 Å². The Hall–Kier alpha value is -1.03. The first kappa shape index (κ1) is 12.4. The first-order chi connectivity index (χ1) is 8.08. The van der Waals surface area contributed by atoms with Gasteiger partial charge in [-0.2, -0.15) is 0 Å². The van der Waals surface area contributed by atoms with Crippen molar-refractivity contribution in [3.63, 3.8) is 0 Å². The van der Waals surface area contributed by atoms with Crippen LogP contribution in [0.5, 0.6) is 0 Å². The SMILES string of the molecule is O=C(C=Cc1c(Cl)cccc1Cl)N1CC(O)C1. The van der Waals surface area contributed by atoms with Gasteiger partial charge in [-0.1, -0.05) is 29.3 Å². The summed E-state index contributed by atoms with van der Waals surface area (Å²) in [6, 6.07) is 5.17. The van der Waals surface area contributed by atoms with Crippen molar-refractivity contribution in [2.24, 2.45) is 0 Å². The smallest absolute Gasteiger partial charge is 0.246 e. The number of hydrogen-bond acceptors (Lipinski definition) is 2. The van der Waals surface area contributed by atoms with Crippen LogP contribution in [0.1, 0.15) is 5.56 Å². The molecule has 1 saturated heterocycles. The van der Waals surface area contributed by atoms with Gasteiger partial charge in [0, 0.05) is 34.8 Å². The van der Waals surface area contributed by atoms with Crippen molar-refractivity contribution < 1.29 is 9.90 Å². The fourth-order valence-electron chi connectivity index (χ4n) is 1.57. The second kappa shape index (κ2) is 5.08. The van der Waals surface area contributed by atoms with Gasteiger partial charge in [0.05, 0.1) is 6.10 Å². The Morgan fingerprint density at radius 3 is 2.47 bits per heavy atom. The minimum atomic E-state index is -0.392. The standard InChI is InChI=1S/C12H11Cl2NO2/c13-10-2-1-3-11(14)9(10)4-5-12(17)15-6-8(16)7-15/h1-5,8,16H,6-7H2. The number of aliphatic hydroxyl groups is 1. The molecule has 90 valence electrons. The third-order valence-electron chi connectivity index (χ3n) is 2.57. The van der Waals surface area contributed by atoms with Gasteiger partial charge in [-0.15, -0.1) is 0 Å². The Morgan fingerprint density at radius 2 is 1.94 bits per heavy atom. The largest absolute Gasteiger partial charge is 0.389 e. The van der Waals surface area contributed by atoms with Gasteiger partial charge in [-0.05, 0) is 18.2 Å². The van der Waals surface area contributed by atoms with E-state index >= 15 is 0 Å². The van der Waals surface area contributed by atoms with Crippen molar-refractivity contribution in [1.29, 1.82) is 0 Å². The summed E-state index contributed by atoms with van der Waals surface area (Å²) < 4.78 is 0. The van der Waals surface area contributed by atoms with Crippen LogP contribution in [0.4, 0.5) is 0 Å². The molecule has 3 nitrogen and oxygen atoms in total. The quantitative estimate of drug-likeness (QED) is 0.838. The van der Waals surface area contributed by atoms with E-state index in [-0.39, 0.29) is 5.91 Å². The molecule has 1 aliphatic rings. The number of hydrogen-bond donors (Lipinski definition) is 1. The number of amides is 1. The Bertz CT molecular complexity index is 447. The van der Waals surface area contributed by atoms with Gasteiger partial charge < -0.3 is 10.0 Å². The molecule has 5 heteroatoms. The summed E-state index contributed by atoms with van der Waals surface area (Å²) in [4.78, 5) is 13.2. The Kier molecular flexibility index (Phi) is 3.72. The first-order valence-corrected chi connectivity index (χ1v) is 5.92. The van der Waals surface area contributed by atoms with Gasteiger partial charge in [0.2, 0.25) is 5.91 Å². The average molecular weight is 272 g/mol. The lowest BCUT2D eigenvalue weighted by Crippen LogP contribution is -2.52. The Morgan fingerprint density at radius 1 is 1.35 bits per heavy atom. The number of likely N-dealkylation sites (tertiary alicyclic amines) is 1. The summed E-state index contributed by atoms with van der Waals surface area (Å²) >= 11 is 11.9. The molecule has 1 aromatic carbocycles. The number of halogens is 2.